The summed E-state index contributed by atoms with van der Waals surface area (Å²) in [7, 11) is 0. The number of halogens is 5. The summed E-state index contributed by atoms with van der Waals surface area (Å²) in [6, 6.07) is 6.09. The van der Waals surface area contributed by atoms with Crippen LogP contribution in [0.15, 0.2) is 41.5 Å². The lowest BCUT2D eigenvalue weighted by Crippen LogP contribution is -2.37. The molecule has 3 N–H and O–H groups in total. The third kappa shape index (κ3) is 4.15. The van der Waals surface area contributed by atoms with E-state index in [1.807, 2.05) is 0 Å². The van der Waals surface area contributed by atoms with Gasteiger partial charge in [0.25, 0.3) is 5.91 Å². The first kappa shape index (κ1) is 22.7. The van der Waals surface area contributed by atoms with Crippen LogP contribution in [0.5, 0.6) is 0 Å². The molecule has 1 aliphatic heterocycles. The lowest BCUT2D eigenvalue weighted by molar-refractivity contribution is -0.141. The minimum absolute atomic E-state index is 0.0154. The maximum Gasteiger partial charge on any atom is 0.435 e. The number of benzene rings is 1. The van der Waals surface area contributed by atoms with Gasteiger partial charge in [-0.2, -0.15) is 18.3 Å². The summed E-state index contributed by atoms with van der Waals surface area (Å²) in [6.45, 7) is 2.92. The quantitative estimate of drug-likeness (QED) is 0.546. The first-order valence-electron chi connectivity index (χ1n) is 9.62. The molecule has 3 aromatic rings. The highest BCUT2D eigenvalue weighted by Gasteiger charge is 2.42. The van der Waals surface area contributed by atoms with Crippen LogP contribution in [0.25, 0.3) is 0 Å². The van der Waals surface area contributed by atoms with Gasteiger partial charge in [0.15, 0.2) is 5.69 Å². The normalized spacial score (nSPS) is 18.0. The number of rotatable bonds is 3. The molecular formula is C21H17ClF4N6O. The molecule has 1 atom stereocenters. The number of hydrogen-bond donors (Lipinski definition) is 2. The maximum absolute atomic E-state index is 14.9. The van der Waals surface area contributed by atoms with Crippen molar-refractivity contribution >= 4 is 29.0 Å². The van der Waals surface area contributed by atoms with Crippen molar-refractivity contribution < 1.29 is 22.4 Å². The summed E-state index contributed by atoms with van der Waals surface area (Å²) in [4.78, 5) is 20.9. The number of nitrogens with two attached hydrogens (primary N) is 1. The Morgan fingerprint density at radius 3 is 2.67 bits per heavy atom. The van der Waals surface area contributed by atoms with E-state index < -0.39 is 29.1 Å². The minimum atomic E-state index is -4.70. The third-order valence-corrected chi connectivity index (χ3v) is 5.46. The molecule has 33 heavy (non-hydrogen) atoms. The van der Waals surface area contributed by atoms with Crippen LogP contribution >= 0.6 is 11.6 Å². The van der Waals surface area contributed by atoms with Gasteiger partial charge >= 0.3 is 6.18 Å². The molecule has 0 saturated carbocycles. The highest BCUT2D eigenvalue weighted by molar-refractivity contribution is 6.30. The molecule has 4 rings (SSSR count). The second-order valence-electron chi connectivity index (χ2n) is 7.71. The molecule has 0 bridgehead atoms. The Morgan fingerprint density at radius 2 is 2.00 bits per heavy atom. The van der Waals surface area contributed by atoms with Crippen LogP contribution in [0.2, 0.25) is 5.02 Å². The first-order valence-corrected chi connectivity index (χ1v) is 9.99. The van der Waals surface area contributed by atoms with Crippen molar-refractivity contribution in [1.82, 2.24) is 14.8 Å². The van der Waals surface area contributed by atoms with Crippen molar-refractivity contribution in [2.45, 2.75) is 32.1 Å². The van der Waals surface area contributed by atoms with Crippen molar-refractivity contribution in [1.29, 1.82) is 0 Å². The maximum atomic E-state index is 14.9. The monoisotopic (exact) mass is 480 g/mol. The number of aliphatic imine (C=N–C) groups is 1. The molecule has 0 fully saturated rings. The summed E-state index contributed by atoms with van der Waals surface area (Å²) < 4.78 is 55.7. The molecule has 1 aliphatic rings. The van der Waals surface area contributed by atoms with Crippen molar-refractivity contribution in [2.24, 2.45) is 10.7 Å². The van der Waals surface area contributed by atoms with E-state index in [4.69, 9.17) is 17.3 Å². The summed E-state index contributed by atoms with van der Waals surface area (Å²) >= 11 is 5.87. The van der Waals surface area contributed by atoms with Crippen LogP contribution in [-0.4, -0.2) is 26.5 Å². The van der Waals surface area contributed by atoms with Gasteiger partial charge in [-0.25, -0.2) is 9.37 Å². The molecule has 0 aliphatic carbocycles. The molecule has 0 saturated heterocycles. The van der Waals surface area contributed by atoms with Gasteiger partial charge in [-0.15, -0.1) is 0 Å². The van der Waals surface area contributed by atoms with Gasteiger partial charge in [-0.3, -0.25) is 14.5 Å². The fraction of sp³-hybridized carbons (Fsp3) is 0.238. The summed E-state index contributed by atoms with van der Waals surface area (Å²) in [6.07, 6.45) is -3.38. The number of pyridine rings is 1. The molecular weight excluding hydrogens is 464 g/mol. The Morgan fingerprint density at radius 1 is 1.27 bits per heavy atom. The van der Waals surface area contributed by atoms with Gasteiger partial charge in [0.2, 0.25) is 0 Å². The molecule has 1 amide bonds. The van der Waals surface area contributed by atoms with E-state index in [9.17, 15) is 22.4 Å². The summed E-state index contributed by atoms with van der Waals surface area (Å²) in [5.41, 5.74) is 3.87. The average Bonchev–Trinajstić information content (AvgIpc) is 3.14. The SMILES string of the molecule is Cc1cc(Cl)cnc1C(=O)Nc1ccc(F)c(C2(C)N=C(N)Cn3nc(C(F)(F)F)cc32)c1. The highest BCUT2D eigenvalue weighted by Crippen LogP contribution is 2.40. The van der Waals surface area contributed by atoms with Crippen LogP contribution in [0.3, 0.4) is 0 Å². The number of alkyl halides is 3. The predicted octanol–water partition coefficient (Wildman–Crippen LogP) is 4.28. The molecule has 12 heteroatoms. The molecule has 172 valence electrons. The number of fused-ring (bicyclic) bond motifs is 1. The number of aryl methyl sites for hydroxylation is 1. The number of amides is 1. The van der Waals surface area contributed by atoms with E-state index in [-0.39, 0.29) is 35.0 Å². The number of nitrogens with zero attached hydrogens (tertiary/aromatic N) is 4. The van der Waals surface area contributed by atoms with Crippen LogP contribution < -0.4 is 11.1 Å². The molecule has 1 aromatic carbocycles. The Labute approximate surface area is 190 Å². The third-order valence-electron chi connectivity index (χ3n) is 5.26. The van der Waals surface area contributed by atoms with Gasteiger partial charge in [-0.1, -0.05) is 11.6 Å². The number of aromatic nitrogens is 3. The van der Waals surface area contributed by atoms with Crippen LogP contribution in [0.4, 0.5) is 23.2 Å². The van der Waals surface area contributed by atoms with Gasteiger partial charge in [0, 0.05) is 17.4 Å². The van der Waals surface area contributed by atoms with Crippen molar-refractivity contribution in [3.8, 4) is 0 Å². The van der Waals surface area contributed by atoms with Crippen LogP contribution in [0.1, 0.15) is 39.9 Å². The minimum Gasteiger partial charge on any atom is -0.386 e. The number of carbonyl (C=O) groups is 1. The van der Waals surface area contributed by atoms with E-state index in [0.717, 1.165) is 16.8 Å². The second kappa shape index (κ2) is 7.84. The molecule has 2 aromatic heterocycles. The van der Waals surface area contributed by atoms with E-state index in [2.05, 4.69) is 20.4 Å². The van der Waals surface area contributed by atoms with E-state index in [1.54, 1.807) is 13.0 Å². The van der Waals surface area contributed by atoms with Gasteiger partial charge in [-0.05, 0) is 49.7 Å². The Bertz CT molecular complexity index is 1300. The molecule has 1 unspecified atom stereocenters. The number of hydrogen-bond acceptors (Lipinski definition) is 5. The Kier molecular flexibility index (Phi) is 5.39. The first-order chi connectivity index (χ1) is 15.4. The molecule has 3 heterocycles. The van der Waals surface area contributed by atoms with Crippen LogP contribution in [-0.2, 0) is 18.3 Å². The predicted molar refractivity (Wildman–Crippen MR) is 114 cm³/mol. The van der Waals surface area contributed by atoms with Gasteiger partial charge in [0.05, 0.1) is 17.3 Å². The Hall–Kier alpha value is -3.47. The summed E-state index contributed by atoms with van der Waals surface area (Å²) in [5, 5.41) is 6.55. The smallest absolute Gasteiger partial charge is 0.386 e. The van der Waals surface area contributed by atoms with Gasteiger partial charge < -0.3 is 11.1 Å². The fourth-order valence-corrected chi connectivity index (χ4v) is 3.96. The van der Waals surface area contributed by atoms with E-state index in [0.29, 0.717) is 10.6 Å². The standard InChI is InChI=1S/C21H17ClF4N6O/c1-10-5-11(22)8-28-18(10)19(33)29-12-3-4-14(23)13(6-12)20(2)16-7-15(21(24,25)26)31-32(16)9-17(27)30-20/h3-8H,9H2,1-2H3,(H2,27,30)(H,29,33). The zero-order chi connectivity index (χ0) is 24.1. The van der Waals surface area contributed by atoms with E-state index in [1.165, 1.54) is 25.3 Å². The largest absolute Gasteiger partial charge is 0.435 e. The van der Waals surface area contributed by atoms with Crippen molar-refractivity contribution in [3.63, 3.8) is 0 Å². The zero-order valence-corrected chi connectivity index (χ0v) is 18.1. The lowest BCUT2D eigenvalue weighted by Gasteiger charge is -2.31. The highest BCUT2D eigenvalue weighted by atomic mass is 35.5. The second-order valence-corrected chi connectivity index (χ2v) is 8.15. The van der Waals surface area contributed by atoms with Crippen LogP contribution in [0, 0.1) is 12.7 Å². The molecule has 0 spiro atoms. The molecule has 0 radical (unpaired) electrons. The number of amidine groups is 1. The fourth-order valence-electron chi connectivity index (χ4n) is 3.74. The van der Waals surface area contributed by atoms with Crippen molar-refractivity contribution in [3.05, 3.63) is 75.6 Å². The zero-order valence-electron chi connectivity index (χ0n) is 17.3. The van der Waals surface area contributed by atoms with Gasteiger partial charge in [0.1, 0.15) is 22.9 Å². The lowest BCUT2D eigenvalue weighted by atomic mass is 9.87. The average molecular weight is 481 g/mol. The number of anilines is 1. The summed E-state index contributed by atoms with van der Waals surface area (Å²) in [5.74, 6) is -1.32. The number of nitrogens with one attached hydrogen (secondary N) is 1. The molecule has 7 nitrogen and oxygen atoms in total. The van der Waals surface area contributed by atoms with E-state index >= 15 is 0 Å². The van der Waals surface area contributed by atoms with Crippen molar-refractivity contribution in [2.75, 3.05) is 5.32 Å². The Balaban J connectivity index is 1.75. The number of carbonyl (C=O) groups excluding carboxylic acids is 1. The topological polar surface area (TPSA) is 98.2 Å².